The largest absolute Gasteiger partial charge is 0.338 e. The lowest BCUT2D eigenvalue weighted by molar-refractivity contribution is 0.391. The summed E-state index contributed by atoms with van der Waals surface area (Å²) in [6.45, 7) is 0. The van der Waals surface area contributed by atoms with Crippen LogP contribution in [0.3, 0.4) is 0 Å². The molecule has 0 bridgehead atoms. The predicted molar refractivity (Wildman–Crippen MR) is 74.1 cm³/mol. The van der Waals surface area contributed by atoms with Crippen LogP contribution in [0, 0.1) is 5.82 Å². The molecule has 20 heavy (non-hydrogen) atoms. The minimum Gasteiger partial charge on any atom is -0.338 e. The maximum absolute atomic E-state index is 13.1. The topological polar surface area (TPSA) is 56.0 Å². The molecule has 0 fully saturated rings. The first-order chi connectivity index (χ1) is 9.72. The van der Waals surface area contributed by atoms with Gasteiger partial charge in [-0.15, -0.1) is 11.3 Å². The van der Waals surface area contributed by atoms with Gasteiger partial charge in [-0.25, -0.2) is 4.39 Å². The van der Waals surface area contributed by atoms with Gasteiger partial charge in [0.1, 0.15) is 11.6 Å². The van der Waals surface area contributed by atoms with Crippen LogP contribution in [0.2, 0.25) is 0 Å². The second-order valence-corrected chi connectivity index (χ2v) is 6.34. The van der Waals surface area contributed by atoms with Crippen molar-refractivity contribution in [3.8, 4) is 10.7 Å². The number of halogens is 1. The molecule has 4 nitrogen and oxygen atoms in total. The zero-order valence-electron chi connectivity index (χ0n) is 10.2. The van der Waals surface area contributed by atoms with Crippen LogP contribution >= 0.6 is 11.3 Å². The quantitative estimate of drug-likeness (QED) is 0.742. The molecule has 0 spiro atoms. The van der Waals surface area contributed by atoms with Gasteiger partial charge in [0.2, 0.25) is 11.7 Å². The molecular formula is C13H9FN2O2S2. The van der Waals surface area contributed by atoms with Crippen molar-refractivity contribution in [1.82, 2.24) is 10.1 Å². The van der Waals surface area contributed by atoms with Gasteiger partial charge in [-0.2, -0.15) is 4.98 Å². The van der Waals surface area contributed by atoms with Crippen LogP contribution in [-0.2, 0) is 16.6 Å². The van der Waals surface area contributed by atoms with Crippen molar-refractivity contribution in [2.75, 3.05) is 0 Å². The normalized spacial score (nSPS) is 12.4. The number of nitrogens with zero attached hydrogens (tertiary/aromatic N) is 2. The summed E-state index contributed by atoms with van der Waals surface area (Å²) in [6.07, 6.45) is 0. The van der Waals surface area contributed by atoms with E-state index in [1.165, 1.54) is 29.5 Å². The van der Waals surface area contributed by atoms with Crippen molar-refractivity contribution < 1.29 is 13.1 Å². The Bertz CT molecular complexity index is 740. The van der Waals surface area contributed by atoms with Crippen LogP contribution < -0.4 is 0 Å². The Labute approximate surface area is 120 Å². The third-order valence-electron chi connectivity index (χ3n) is 2.52. The molecule has 0 amide bonds. The molecule has 0 radical (unpaired) electrons. The average Bonchev–Trinajstić information content (AvgIpc) is 3.08. The smallest absolute Gasteiger partial charge is 0.239 e. The Hall–Kier alpha value is -1.86. The second kappa shape index (κ2) is 5.64. The van der Waals surface area contributed by atoms with Crippen LogP contribution in [0.15, 0.2) is 51.2 Å². The Morgan fingerprint density at radius 3 is 2.95 bits per heavy atom. The summed E-state index contributed by atoms with van der Waals surface area (Å²) in [4.78, 5) is 5.48. The summed E-state index contributed by atoms with van der Waals surface area (Å²) >= 11 is 1.50. The van der Waals surface area contributed by atoms with Gasteiger partial charge in [0.15, 0.2) is 0 Å². The molecular weight excluding hydrogens is 299 g/mol. The van der Waals surface area contributed by atoms with Crippen LogP contribution in [0.25, 0.3) is 10.7 Å². The van der Waals surface area contributed by atoms with E-state index >= 15 is 0 Å². The lowest BCUT2D eigenvalue weighted by Gasteiger charge is -1.98. The van der Waals surface area contributed by atoms with Crippen molar-refractivity contribution in [3.05, 3.63) is 53.5 Å². The first-order valence-electron chi connectivity index (χ1n) is 5.73. The third-order valence-corrected chi connectivity index (χ3v) is 4.68. The Morgan fingerprint density at radius 1 is 1.30 bits per heavy atom. The average molecular weight is 308 g/mol. The third kappa shape index (κ3) is 2.83. The predicted octanol–water partition coefficient (Wildman–Crippen LogP) is 3.25. The zero-order chi connectivity index (χ0) is 13.9. The van der Waals surface area contributed by atoms with Gasteiger partial charge in [-0.05, 0) is 29.6 Å². The van der Waals surface area contributed by atoms with E-state index in [4.69, 9.17) is 4.52 Å². The minimum absolute atomic E-state index is 0.0713. The summed E-state index contributed by atoms with van der Waals surface area (Å²) in [6, 6.07) is 9.45. The monoisotopic (exact) mass is 308 g/mol. The highest BCUT2D eigenvalue weighted by molar-refractivity contribution is 7.84. The highest BCUT2D eigenvalue weighted by Gasteiger charge is 2.13. The highest BCUT2D eigenvalue weighted by Crippen LogP contribution is 2.22. The maximum Gasteiger partial charge on any atom is 0.239 e. The summed E-state index contributed by atoms with van der Waals surface area (Å²) < 4.78 is 30.2. The Morgan fingerprint density at radius 2 is 2.20 bits per heavy atom. The van der Waals surface area contributed by atoms with Gasteiger partial charge in [-0.3, -0.25) is 4.21 Å². The van der Waals surface area contributed by atoms with E-state index in [0.717, 1.165) is 4.88 Å². The molecule has 2 heterocycles. The fourth-order valence-corrected chi connectivity index (χ4v) is 3.26. The molecule has 7 heteroatoms. The summed E-state index contributed by atoms with van der Waals surface area (Å²) in [5, 5.41) is 5.75. The van der Waals surface area contributed by atoms with Crippen LogP contribution in [0.4, 0.5) is 4.39 Å². The van der Waals surface area contributed by atoms with Crippen LogP contribution in [0.5, 0.6) is 0 Å². The first-order valence-corrected chi connectivity index (χ1v) is 7.92. The number of benzene rings is 1. The van der Waals surface area contributed by atoms with Crippen molar-refractivity contribution in [1.29, 1.82) is 0 Å². The molecule has 0 aliphatic rings. The number of thiophene rings is 1. The number of aromatic nitrogens is 2. The van der Waals surface area contributed by atoms with E-state index in [9.17, 15) is 8.60 Å². The minimum atomic E-state index is -1.41. The molecule has 0 saturated carbocycles. The van der Waals surface area contributed by atoms with Gasteiger partial charge in [0, 0.05) is 4.90 Å². The van der Waals surface area contributed by atoms with Gasteiger partial charge in [0.05, 0.1) is 15.7 Å². The molecule has 2 aromatic heterocycles. The fraction of sp³-hybridized carbons (Fsp3) is 0.0769. The van der Waals surface area contributed by atoms with E-state index in [1.54, 1.807) is 6.07 Å². The molecule has 3 rings (SSSR count). The number of hydrogen-bond donors (Lipinski definition) is 0. The molecule has 3 aromatic rings. The summed E-state index contributed by atoms with van der Waals surface area (Å²) in [5.41, 5.74) is 0. The molecule has 0 aliphatic carbocycles. The van der Waals surface area contributed by atoms with Gasteiger partial charge >= 0.3 is 0 Å². The molecule has 0 N–H and O–H groups in total. The van der Waals surface area contributed by atoms with Crippen molar-refractivity contribution in [3.63, 3.8) is 0 Å². The van der Waals surface area contributed by atoms with E-state index in [0.29, 0.717) is 10.7 Å². The lowest BCUT2D eigenvalue weighted by Crippen LogP contribution is -1.97. The summed E-state index contributed by atoms with van der Waals surface area (Å²) in [5.74, 6) is 0.407. The lowest BCUT2D eigenvalue weighted by atomic mass is 10.4. The van der Waals surface area contributed by atoms with Gasteiger partial charge in [-0.1, -0.05) is 17.3 Å². The van der Waals surface area contributed by atoms with Gasteiger partial charge in [0.25, 0.3) is 0 Å². The van der Waals surface area contributed by atoms with E-state index in [2.05, 4.69) is 10.1 Å². The molecule has 102 valence electrons. The molecule has 1 unspecified atom stereocenters. The summed E-state index contributed by atoms with van der Waals surface area (Å²) in [7, 11) is -1.41. The number of rotatable bonds is 4. The maximum atomic E-state index is 13.1. The standard InChI is InChI=1S/C13H9FN2O2S2/c14-9-3-1-4-10(7-9)20(17)8-12-15-13(16-18-12)11-5-2-6-19-11/h1-7H,8H2. The van der Waals surface area contributed by atoms with E-state index in [1.807, 2.05) is 17.5 Å². The zero-order valence-corrected chi connectivity index (χ0v) is 11.8. The Kier molecular flexibility index (Phi) is 3.70. The first kappa shape index (κ1) is 13.1. The van der Waals surface area contributed by atoms with E-state index in [-0.39, 0.29) is 11.6 Å². The van der Waals surface area contributed by atoms with Crippen molar-refractivity contribution in [2.24, 2.45) is 0 Å². The molecule has 1 aromatic carbocycles. The highest BCUT2D eigenvalue weighted by atomic mass is 32.2. The van der Waals surface area contributed by atoms with Crippen LogP contribution in [-0.4, -0.2) is 14.3 Å². The molecule has 0 aliphatic heterocycles. The second-order valence-electron chi connectivity index (χ2n) is 3.94. The molecule has 0 saturated heterocycles. The SMILES string of the molecule is O=S(Cc1nc(-c2cccs2)no1)c1cccc(F)c1. The Balaban J connectivity index is 1.77. The van der Waals surface area contributed by atoms with Crippen LogP contribution in [0.1, 0.15) is 5.89 Å². The van der Waals surface area contributed by atoms with E-state index < -0.39 is 16.6 Å². The van der Waals surface area contributed by atoms with Gasteiger partial charge < -0.3 is 4.52 Å². The van der Waals surface area contributed by atoms with Crippen molar-refractivity contribution in [2.45, 2.75) is 10.6 Å². The fourth-order valence-electron chi connectivity index (χ4n) is 1.62. The molecule has 1 atom stereocenters. The number of hydrogen-bond acceptors (Lipinski definition) is 5. The van der Waals surface area contributed by atoms with Crippen molar-refractivity contribution >= 4 is 22.1 Å².